The zero-order valence-corrected chi connectivity index (χ0v) is 9.96. The summed E-state index contributed by atoms with van der Waals surface area (Å²) in [5, 5.41) is 4.12. The van der Waals surface area contributed by atoms with E-state index in [-0.39, 0.29) is 0 Å². The second kappa shape index (κ2) is 5.37. The largest absolute Gasteiger partial charge is 0.488 e. The Morgan fingerprint density at radius 1 is 1.50 bits per heavy atom. The Hall–Kier alpha value is -0.990. The van der Waals surface area contributed by atoms with Gasteiger partial charge in [-0.05, 0) is 18.9 Å². The van der Waals surface area contributed by atoms with Crippen molar-refractivity contribution < 1.29 is 4.74 Å². The van der Waals surface area contributed by atoms with Crippen LogP contribution in [0.4, 0.5) is 0 Å². The van der Waals surface area contributed by atoms with Gasteiger partial charge >= 0.3 is 0 Å². The Labute approximate surface area is 101 Å². The molecule has 1 aliphatic carbocycles. The minimum atomic E-state index is 0.486. The van der Waals surface area contributed by atoms with Gasteiger partial charge in [-0.1, -0.05) is 36.4 Å². The van der Waals surface area contributed by atoms with Gasteiger partial charge in [0, 0.05) is 18.2 Å². The predicted octanol–water partition coefficient (Wildman–Crippen LogP) is 3.16. The summed E-state index contributed by atoms with van der Waals surface area (Å²) in [4.78, 5) is 0. The number of hydrogen-bond donors (Lipinski definition) is 1. The molecule has 0 saturated heterocycles. The van der Waals surface area contributed by atoms with Crippen molar-refractivity contribution >= 4 is 11.6 Å². The molecule has 0 bridgehead atoms. The van der Waals surface area contributed by atoms with Gasteiger partial charge in [-0.2, -0.15) is 0 Å². The normalized spacial score (nSPS) is 14.8. The molecule has 0 amide bonds. The summed E-state index contributed by atoms with van der Waals surface area (Å²) in [6.45, 7) is 4.94. The molecular formula is C13H16ClNO. The van der Waals surface area contributed by atoms with E-state index in [0.717, 1.165) is 17.9 Å². The summed E-state index contributed by atoms with van der Waals surface area (Å²) in [5.74, 6) is 0.775. The molecule has 1 N–H and O–H groups in total. The summed E-state index contributed by atoms with van der Waals surface area (Å²) in [6, 6.07) is 6.53. The van der Waals surface area contributed by atoms with Gasteiger partial charge in [-0.15, -0.1) is 0 Å². The Kier molecular flexibility index (Phi) is 3.86. The van der Waals surface area contributed by atoms with Crippen molar-refractivity contribution in [1.82, 2.24) is 5.32 Å². The van der Waals surface area contributed by atoms with Crippen LogP contribution in [0.25, 0.3) is 0 Å². The quantitative estimate of drug-likeness (QED) is 0.768. The molecule has 2 nitrogen and oxygen atoms in total. The molecule has 2 rings (SSSR count). The molecule has 1 fully saturated rings. The van der Waals surface area contributed by atoms with E-state index in [9.17, 15) is 0 Å². The van der Waals surface area contributed by atoms with E-state index in [1.807, 2.05) is 18.2 Å². The van der Waals surface area contributed by atoms with Gasteiger partial charge in [0.05, 0.1) is 5.02 Å². The van der Waals surface area contributed by atoms with Gasteiger partial charge in [0.15, 0.2) is 0 Å². The van der Waals surface area contributed by atoms with Crippen molar-refractivity contribution in [3.05, 3.63) is 41.4 Å². The lowest BCUT2D eigenvalue weighted by Gasteiger charge is -2.12. The van der Waals surface area contributed by atoms with E-state index in [4.69, 9.17) is 16.3 Å². The summed E-state index contributed by atoms with van der Waals surface area (Å²) >= 11 is 6.11. The number of nitrogens with one attached hydrogen (secondary N) is 1. The van der Waals surface area contributed by atoms with Crippen LogP contribution < -0.4 is 10.1 Å². The predicted molar refractivity (Wildman–Crippen MR) is 67.0 cm³/mol. The first kappa shape index (κ1) is 11.5. The van der Waals surface area contributed by atoms with Crippen LogP contribution in [-0.2, 0) is 6.54 Å². The van der Waals surface area contributed by atoms with Gasteiger partial charge < -0.3 is 10.1 Å². The summed E-state index contributed by atoms with van der Waals surface area (Å²) in [7, 11) is 0. The molecule has 0 unspecified atom stereocenters. The fraction of sp³-hybridized carbons (Fsp3) is 0.385. The standard InChI is InChI=1S/C13H16ClNO/c1-2-8-16-13-10(4-3-5-12(13)14)9-15-11-6-7-11/h2-5,11,15H,1,6-9H2. The Morgan fingerprint density at radius 3 is 3.00 bits per heavy atom. The average molecular weight is 238 g/mol. The lowest BCUT2D eigenvalue weighted by atomic mass is 10.2. The second-order valence-corrected chi connectivity index (χ2v) is 4.39. The molecule has 86 valence electrons. The maximum absolute atomic E-state index is 6.11. The number of para-hydroxylation sites is 1. The van der Waals surface area contributed by atoms with Crippen LogP contribution >= 0.6 is 11.6 Å². The van der Waals surface area contributed by atoms with Crippen LogP contribution in [0, 0.1) is 0 Å². The summed E-state index contributed by atoms with van der Waals surface area (Å²) < 4.78 is 5.58. The fourth-order valence-corrected chi connectivity index (χ4v) is 1.79. The molecule has 16 heavy (non-hydrogen) atoms. The number of ether oxygens (including phenoxy) is 1. The molecule has 1 aromatic carbocycles. The van der Waals surface area contributed by atoms with Crippen LogP contribution in [0.5, 0.6) is 5.75 Å². The van der Waals surface area contributed by atoms with Crippen molar-refractivity contribution in [2.75, 3.05) is 6.61 Å². The fourth-order valence-electron chi connectivity index (χ4n) is 1.54. The van der Waals surface area contributed by atoms with Crippen LogP contribution in [0.2, 0.25) is 5.02 Å². The highest BCUT2D eigenvalue weighted by Gasteiger charge is 2.20. The van der Waals surface area contributed by atoms with E-state index in [0.29, 0.717) is 17.7 Å². The number of rotatable bonds is 6. The molecule has 0 radical (unpaired) electrons. The Balaban J connectivity index is 2.06. The maximum Gasteiger partial charge on any atom is 0.142 e. The van der Waals surface area contributed by atoms with Crippen LogP contribution in [0.15, 0.2) is 30.9 Å². The highest BCUT2D eigenvalue weighted by Crippen LogP contribution is 2.29. The third kappa shape index (κ3) is 3.00. The third-order valence-corrected chi connectivity index (χ3v) is 2.85. The zero-order chi connectivity index (χ0) is 11.4. The first-order valence-corrected chi connectivity index (χ1v) is 5.93. The molecule has 0 heterocycles. The Morgan fingerprint density at radius 2 is 2.31 bits per heavy atom. The van der Waals surface area contributed by atoms with Gasteiger partial charge in [-0.25, -0.2) is 0 Å². The first-order chi connectivity index (χ1) is 7.81. The Bertz CT molecular complexity index is 374. The van der Waals surface area contributed by atoms with Crippen molar-refractivity contribution in [1.29, 1.82) is 0 Å². The van der Waals surface area contributed by atoms with Gasteiger partial charge in [-0.3, -0.25) is 0 Å². The first-order valence-electron chi connectivity index (χ1n) is 5.55. The molecule has 1 aliphatic rings. The summed E-state index contributed by atoms with van der Waals surface area (Å²) in [5.41, 5.74) is 1.11. The van der Waals surface area contributed by atoms with E-state index >= 15 is 0 Å². The van der Waals surface area contributed by atoms with Crippen molar-refractivity contribution in [2.45, 2.75) is 25.4 Å². The number of benzene rings is 1. The topological polar surface area (TPSA) is 21.3 Å². The lowest BCUT2D eigenvalue weighted by molar-refractivity contribution is 0.358. The van der Waals surface area contributed by atoms with Gasteiger partial charge in [0.2, 0.25) is 0 Å². The lowest BCUT2D eigenvalue weighted by Crippen LogP contribution is -2.16. The van der Waals surface area contributed by atoms with Crippen LogP contribution in [0.3, 0.4) is 0 Å². The molecule has 1 saturated carbocycles. The van der Waals surface area contributed by atoms with E-state index in [2.05, 4.69) is 11.9 Å². The molecular weight excluding hydrogens is 222 g/mol. The monoisotopic (exact) mass is 237 g/mol. The smallest absolute Gasteiger partial charge is 0.142 e. The second-order valence-electron chi connectivity index (χ2n) is 3.98. The van der Waals surface area contributed by atoms with E-state index < -0.39 is 0 Å². The summed E-state index contributed by atoms with van der Waals surface area (Å²) in [6.07, 6.45) is 4.29. The minimum Gasteiger partial charge on any atom is -0.488 e. The highest BCUT2D eigenvalue weighted by atomic mass is 35.5. The van der Waals surface area contributed by atoms with E-state index in [1.165, 1.54) is 12.8 Å². The van der Waals surface area contributed by atoms with Gasteiger partial charge in [0.25, 0.3) is 0 Å². The number of halogens is 1. The van der Waals surface area contributed by atoms with Crippen molar-refractivity contribution in [2.24, 2.45) is 0 Å². The van der Waals surface area contributed by atoms with E-state index in [1.54, 1.807) is 6.08 Å². The average Bonchev–Trinajstić information content (AvgIpc) is 3.09. The van der Waals surface area contributed by atoms with Gasteiger partial charge in [0.1, 0.15) is 12.4 Å². The molecule has 0 aliphatic heterocycles. The molecule has 0 aromatic heterocycles. The van der Waals surface area contributed by atoms with Crippen LogP contribution in [0.1, 0.15) is 18.4 Å². The third-order valence-electron chi connectivity index (χ3n) is 2.55. The van der Waals surface area contributed by atoms with Crippen molar-refractivity contribution in [3.8, 4) is 5.75 Å². The molecule has 0 spiro atoms. The molecule has 3 heteroatoms. The molecule has 1 aromatic rings. The zero-order valence-electron chi connectivity index (χ0n) is 9.21. The highest BCUT2D eigenvalue weighted by molar-refractivity contribution is 6.32. The van der Waals surface area contributed by atoms with Crippen LogP contribution in [-0.4, -0.2) is 12.6 Å². The minimum absolute atomic E-state index is 0.486. The maximum atomic E-state index is 6.11. The number of hydrogen-bond acceptors (Lipinski definition) is 2. The SMILES string of the molecule is C=CCOc1c(Cl)cccc1CNC1CC1. The molecule has 0 atom stereocenters. The van der Waals surface area contributed by atoms with Crippen molar-refractivity contribution in [3.63, 3.8) is 0 Å².